The van der Waals surface area contributed by atoms with Crippen LogP contribution in [0.4, 0.5) is 0 Å². The van der Waals surface area contributed by atoms with Gasteiger partial charge in [0.05, 0.1) is 0 Å². The van der Waals surface area contributed by atoms with E-state index in [2.05, 4.69) is 6.07 Å². The summed E-state index contributed by atoms with van der Waals surface area (Å²) in [5.41, 5.74) is 0.387. The molecule has 0 saturated heterocycles. The van der Waals surface area contributed by atoms with Gasteiger partial charge in [-0.25, -0.2) is 4.79 Å². The molecule has 0 atom stereocenters. The van der Waals surface area contributed by atoms with Crippen molar-refractivity contribution in [3.8, 4) is 11.5 Å². The fourth-order valence-electron chi connectivity index (χ4n) is 0.748. The fraction of sp³-hybridized carbons (Fsp3) is 0. The van der Waals surface area contributed by atoms with Gasteiger partial charge in [-0.2, -0.15) is 0 Å². The number of benzene rings is 1. The number of phenols is 2. The van der Waals surface area contributed by atoms with E-state index in [9.17, 15) is 4.79 Å². The highest BCUT2D eigenvalue weighted by molar-refractivity contribution is 5.85. The van der Waals surface area contributed by atoms with Crippen molar-refractivity contribution in [2.45, 2.75) is 0 Å². The van der Waals surface area contributed by atoms with E-state index in [1.54, 1.807) is 0 Å². The van der Waals surface area contributed by atoms with E-state index < -0.39 is 11.7 Å². The normalized spacial score (nSPS) is 10.5. The van der Waals surface area contributed by atoms with Crippen LogP contribution in [0.3, 0.4) is 0 Å². The minimum atomic E-state index is -1.08. The lowest BCUT2D eigenvalue weighted by Gasteiger charge is -1.96. The number of hydrogen-bond acceptors (Lipinski definition) is 3. The summed E-state index contributed by atoms with van der Waals surface area (Å²) < 4.78 is 0. The third-order valence-corrected chi connectivity index (χ3v) is 1.33. The monoisotopic (exact) mass is 179 g/mol. The number of rotatable bonds is 2. The summed E-state index contributed by atoms with van der Waals surface area (Å²) in [5, 5.41) is 26.2. The highest BCUT2D eigenvalue weighted by Gasteiger charge is 1.98. The summed E-state index contributed by atoms with van der Waals surface area (Å²) in [4.78, 5) is 10.1. The lowest BCUT2D eigenvalue weighted by Crippen LogP contribution is -1.85. The molecule has 0 aliphatic heterocycles. The molecule has 13 heavy (non-hydrogen) atoms. The van der Waals surface area contributed by atoms with Crippen molar-refractivity contribution in [1.29, 1.82) is 0 Å². The van der Waals surface area contributed by atoms with Gasteiger partial charge in [0, 0.05) is 12.1 Å². The predicted molar refractivity (Wildman–Crippen MR) is 45.3 cm³/mol. The van der Waals surface area contributed by atoms with Gasteiger partial charge in [0.1, 0.15) is 0 Å². The molecule has 0 aliphatic carbocycles. The Morgan fingerprint density at radius 2 is 2.08 bits per heavy atom. The molecule has 67 valence electrons. The van der Waals surface area contributed by atoms with E-state index in [4.69, 9.17) is 15.3 Å². The van der Waals surface area contributed by atoms with Crippen molar-refractivity contribution in [2.24, 2.45) is 0 Å². The minimum Gasteiger partial charge on any atom is -0.504 e. The van der Waals surface area contributed by atoms with Crippen molar-refractivity contribution in [2.75, 3.05) is 0 Å². The number of carbonyl (C=O) groups is 1. The van der Waals surface area contributed by atoms with Crippen molar-refractivity contribution >= 4 is 12.0 Å². The van der Waals surface area contributed by atoms with Crippen LogP contribution in [-0.4, -0.2) is 21.3 Å². The lowest BCUT2D eigenvalue weighted by molar-refractivity contribution is -0.131. The molecule has 0 unspecified atom stereocenters. The van der Waals surface area contributed by atoms with Gasteiger partial charge in [-0.15, -0.1) is 0 Å². The maximum absolute atomic E-state index is 10.1. The molecule has 1 aromatic carbocycles. The van der Waals surface area contributed by atoms with Crippen molar-refractivity contribution in [3.63, 3.8) is 0 Å². The first-order valence-corrected chi connectivity index (χ1v) is 3.45. The molecule has 0 heterocycles. The van der Waals surface area contributed by atoms with Crippen molar-refractivity contribution < 1.29 is 20.1 Å². The maximum Gasteiger partial charge on any atom is 0.328 e. The van der Waals surface area contributed by atoms with Gasteiger partial charge in [0.25, 0.3) is 0 Å². The molecule has 0 saturated carbocycles. The molecule has 0 amide bonds. The molecule has 4 nitrogen and oxygen atoms in total. The molecule has 1 aromatic rings. The summed E-state index contributed by atoms with van der Waals surface area (Å²) in [5.74, 6) is -1.76. The predicted octanol–water partition coefficient (Wildman–Crippen LogP) is 0.996. The molecule has 0 bridgehead atoms. The summed E-state index contributed by atoms with van der Waals surface area (Å²) in [7, 11) is 0. The Labute approximate surface area is 74.4 Å². The zero-order valence-electron chi connectivity index (χ0n) is 6.56. The van der Waals surface area contributed by atoms with E-state index in [1.165, 1.54) is 18.2 Å². The number of aromatic hydroxyl groups is 2. The van der Waals surface area contributed by atoms with Gasteiger partial charge in [0.2, 0.25) is 0 Å². The molecular weight excluding hydrogens is 172 g/mol. The summed E-state index contributed by atoms with van der Waals surface area (Å²) in [6.07, 6.45) is 2.18. The first kappa shape index (κ1) is 9.12. The maximum atomic E-state index is 10.1. The van der Waals surface area contributed by atoms with Gasteiger partial charge in [-0.3, -0.25) is 0 Å². The van der Waals surface area contributed by atoms with Crippen LogP contribution in [0.1, 0.15) is 5.56 Å². The third-order valence-electron chi connectivity index (χ3n) is 1.33. The quantitative estimate of drug-likeness (QED) is 0.467. The minimum absolute atomic E-state index is 0.285. The van der Waals surface area contributed by atoms with E-state index in [-0.39, 0.29) is 5.75 Å². The van der Waals surface area contributed by atoms with Gasteiger partial charge in [0.15, 0.2) is 11.5 Å². The van der Waals surface area contributed by atoms with Gasteiger partial charge >= 0.3 is 5.97 Å². The first-order chi connectivity index (χ1) is 6.09. The second-order valence-corrected chi connectivity index (χ2v) is 2.32. The number of aliphatic carboxylic acids is 1. The van der Waals surface area contributed by atoms with Crippen LogP contribution >= 0.6 is 0 Å². The summed E-state index contributed by atoms with van der Waals surface area (Å²) >= 11 is 0. The van der Waals surface area contributed by atoms with E-state index >= 15 is 0 Å². The second-order valence-electron chi connectivity index (χ2n) is 2.32. The molecule has 0 aliphatic rings. The van der Waals surface area contributed by atoms with Crippen molar-refractivity contribution in [3.05, 3.63) is 29.8 Å². The zero-order chi connectivity index (χ0) is 9.84. The molecule has 0 spiro atoms. The smallest absolute Gasteiger partial charge is 0.328 e. The highest BCUT2D eigenvalue weighted by Crippen LogP contribution is 2.24. The highest BCUT2D eigenvalue weighted by atomic mass is 16.4. The number of hydrogen-bond donors (Lipinski definition) is 3. The molecule has 0 aromatic heterocycles. The Morgan fingerprint density at radius 3 is 2.62 bits per heavy atom. The van der Waals surface area contributed by atoms with Crippen LogP contribution in [-0.2, 0) is 4.79 Å². The molecule has 1 rings (SSSR count). The van der Waals surface area contributed by atoms with E-state index in [0.29, 0.717) is 5.56 Å². The Hall–Kier alpha value is -1.97. The average molecular weight is 179 g/mol. The number of carboxylic acids is 1. The third kappa shape index (κ3) is 2.52. The van der Waals surface area contributed by atoms with E-state index in [0.717, 1.165) is 6.08 Å². The zero-order valence-corrected chi connectivity index (χ0v) is 6.56. The van der Waals surface area contributed by atoms with Crippen LogP contribution < -0.4 is 0 Å². The first-order valence-electron chi connectivity index (χ1n) is 3.45. The molecule has 4 heteroatoms. The Kier molecular flexibility index (Phi) is 2.54. The summed E-state index contributed by atoms with van der Waals surface area (Å²) in [6.45, 7) is 0. The van der Waals surface area contributed by atoms with Crippen LogP contribution in [0, 0.1) is 6.07 Å². The largest absolute Gasteiger partial charge is 0.504 e. The Balaban J connectivity index is 2.92. The van der Waals surface area contributed by atoms with Crippen LogP contribution in [0.5, 0.6) is 11.5 Å². The SMILES string of the molecule is O=C(O)C=Cc1[c]c(O)c(O)cc1. The molecule has 3 N–H and O–H groups in total. The Morgan fingerprint density at radius 1 is 1.38 bits per heavy atom. The average Bonchev–Trinajstić information content (AvgIpc) is 2.07. The van der Waals surface area contributed by atoms with E-state index in [1.807, 2.05) is 0 Å². The topological polar surface area (TPSA) is 77.8 Å². The van der Waals surface area contributed by atoms with Gasteiger partial charge < -0.3 is 15.3 Å². The van der Waals surface area contributed by atoms with Crippen LogP contribution in [0.15, 0.2) is 18.2 Å². The molecule has 1 radical (unpaired) electrons. The fourth-order valence-corrected chi connectivity index (χ4v) is 0.748. The van der Waals surface area contributed by atoms with Crippen LogP contribution in [0.25, 0.3) is 6.08 Å². The lowest BCUT2D eigenvalue weighted by atomic mass is 10.2. The second kappa shape index (κ2) is 3.62. The van der Waals surface area contributed by atoms with Crippen LogP contribution in [0.2, 0.25) is 0 Å². The standard InChI is InChI=1S/C9H7O4/c10-7-3-1-6(5-8(7)11)2-4-9(12)13/h1-4,10-11H,(H,12,13). The Bertz CT molecular complexity index is 355. The van der Waals surface area contributed by atoms with Gasteiger partial charge in [-0.1, -0.05) is 6.07 Å². The molecule has 0 fully saturated rings. The van der Waals surface area contributed by atoms with Crippen molar-refractivity contribution in [1.82, 2.24) is 0 Å². The number of phenolic OH excluding ortho intramolecular Hbond substituents is 2. The number of carboxylic acid groups (broad SMARTS) is 1. The molecular formula is C9H7O4. The van der Waals surface area contributed by atoms with Gasteiger partial charge in [-0.05, 0) is 17.7 Å². The summed E-state index contributed by atoms with van der Waals surface area (Å²) in [6, 6.07) is 5.08.